The van der Waals surface area contributed by atoms with Crippen molar-refractivity contribution in [2.75, 3.05) is 0 Å². The highest BCUT2D eigenvalue weighted by Gasteiger charge is 2.28. The van der Waals surface area contributed by atoms with Crippen LogP contribution in [0.25, 0.3) is 11.0 Å². The van der Waals surface area contributed by atoms with Gasteiger partial charge in [0, 0.05) is 23.7 Å². The lowest BCUT2D eigenvalue weighted by atomic mass is 10.1. The van der Waals surface area contributed by atoms with Crippen LogP contribution >= 0.6 is 11.6 Å². The number of hydrogen-bond acceptors (Lipinski definition) is 4. The third-order valence-corrected chi connectivity index (χ3v) is 5.07. The van der Waals surface area contributed by atoms with Crippen molar-refractivity contribution in [1.82, 2.24) is 25.6 Å². The number of aryl methyl sites for hydroxylation is 2. The van der Waals surface area contributed by atoms with Crippen molar-refractivity contribution in [2.45, 2.75) is 32.1 Å². The fourth-order valence-corrected chi connectivity index (χ4v) is 3.38. The molecule has 1 aromatic carbocycles. The van der Waals surface area contributed by atoms with Gasteiger partial charge in [0.05, 0.1) is 23.1 Å². The summed E-state index contributed by atoms with van der Waals surface area (Å²) < 4.78 is 1.69. The predicted octanol–water partition coefficient (Wildman–Crippen LogP) is 2.81. The molecule has 4 rings (SSSR count). The highest BCUT2D eigenvalue weighted by molar-refractivity contribution is 6.30. The standard InChI is InChI=1S/C20H20ClN5O2/c1-11-18-15(10-16(13-5-6-13)22-19(18)26(2)25-11)20(28)24-23-17(27)9-12-3-7-14(21)8-4-12/h3-4,7-8,10,13H,5-6,9H2,1-2H3,(H,23,27)(H,24,28). The molecular weight excluding hydrogens is 378 g/mol. The van der Waals surface area contributed by atoms with Gasteiger partial charge in [0.2, 0.25) is 5.91 Å². The Hall–Kier alpha value is -2.93. The maximum atomic E-state index is 12.8. The van der Waals surface area contributed by atoms with Gasteiger partial charge in [0.1, 0.15) is 0 Å². The van der Waals surface area contributed by atoms with E-state index in [1.807, 2.05) is 20.0 Å². The second-order valence-corrected chi connectivity index (χ2v) is 7.52. The number of rotatable bonds is 4. The first-order valence-corrected chi connectivity index (χ1v) is 9.48. The Kier molecular flexibility index (Phi) is 4.77. The van der Waals surface area contributed by atoms with Crippen LogP contribution in [0.5, 0.6) is 0 Å². The number of benzene rings is 1. The Bertz CT molecular complexity index is 1070. The number of carbonyl (C=O) groups excluding carboxylic acids is 2. The van der Waals surface area contributed by atoms with Crippen molar-refractivity contribution in [3.8, 4) is 0 Å². The average molecular weight is 398 g/mol. The Morgan fingerprint density at radius 3 is 2.61 bits per heavy atom. The lowest BCUT2D eigenvalue weighted by Crippen LogP contribution is -2.42. The van der Waals surface area contributed by atoms with Gasteiger partial charge in [-0.1, -0.05) is 23.7 Å². The maximum Gasteiger partial charge on any atom is 0.270 e. The first kappa shape index (κ1) is 18.4. The summed E-state index contributed by atoms with van der Waals surface area (Å²) in [5, 5.41) is 5.70. The first-order chi connectivity index (χ1) is 13.4. The molecule has 1 saturated carbocycles. The molecule has 1 fully saturated rings. The van der Waals surface area contributed by atoms with E-state index in [1.165, 1.54) is 0 Å². The van der Waals surface area contributed by atoms with Crippen LogP contribution in [0.3, 0.4) is 0 Å². The molecule has 0 atom stereocenters. The Morgan fingerprint density at radius 1 is 1.21 bits per heavy atom. The molecule has 144 valence electrons. The van der Waals surface area contributed by atoms with E-state index in [1.54, 1.807) is 28.9 Å². The number of nitrogens with zero attached hydrogens (tertiary/aromatic N) is 3. The van der Waals surface area contributed by atoms with Crippen LogP contribution in [0.4, 0.5) is 0 Å². The summed E-state index contributed by atoms with van der Waals surface area (Å²) in [5.41, 5.74) is 8.58. The first-order valence-electron chi connectivity index (χ1n) is 9.10. The van der Waals surface area contributed by atoms with Crippen molar-refractivity contribution in [1.29, 1.82) is 0 Å². The van der Waals surface area contributed by atoms with Crippen molar-refractivity contribution in [3.05, 3.63) is 57.9 Å². The number of hydrazine groups is 1. The molecule has 0 saturated heterocycles. The molecule has 2 amide bonds. The van der Waals surface area contributed by atoms with Crippen LogP contribution in [0.1, 0.15) is 46.1 Å². The summed E-state index contributed by atoms with van der Waals surface area (Å²) in [4.78, 5) is 29.7. The number of fused-ring (bicyclic) bond motifs is 1. The van der Waals surface area contributed by atoms with Gasteiger partial charge in [-0.05, 0) is 43.5 Å². The molecule has 3 aromatic rings. The van der Waals surface area contributed by atoms with Crippen LogP contribution in [0, 0.1) is 6.92 Å². The fraction of sp³-hybridized carbons (Fsp3) is 0.300. The molecule has 0 spiro atoms. The minimum atomic E-state index is -0.380. The van der Waals surface area contributed by atoms with E-state index in [0.29, 0.717) is 27.5 Å². The number of hydrogen-bond donors (Lipinski definition) is 2. The van der Waals surface area contributed by atoms with Crippen LogP contribution in [-0.2, 0) is 18.3 Å². The lowest BCUT2D eigenvalue weighted by Gasteiger charge is -2.10. The Morgan fingerprint density at radius 2 is 1.93 bits per heavy atom. The van der Waals surface area contributed by atoms with E-state index in [2.05, 4.69) is 20.9 Å². The van der Waals surface area contributed by atoms with Crippen LogP contribution < -0.4 is 10.9 Å². The quantitative estimate of drug-likeness (QED) is 0.662. The minimum absolute atomic E-state index is 0.141. The normalized spacial score (nSPS) is 13.5. The maximum absolute atomic E-state index is 12.8. The topological polar surface area (TPSA) is 88.9 Å². The number of halogens is 1. The van der Waals surface area contributed by atoms with Crippen LogP contribution in [-0.4, -0.2) is 26.6 Å². The van der Waals surface area contributed by atoms with Gasteiger partial charge < -0.3 is 0 Å². The van der Waals surface area contributed by atoms with Crippen molar-refractivity contribution < 1.29 is 9.59 Å². The number of pyridine rings is 1. The predicted molar refractivity (Wildman–Crippen MR) is 106 cm³/mol. The van der Waals surface area contributed by atoms with Crippen molar-refractivity contribution in [3.63, 3.8) is 0 Å². The van der Waals surface area contributed by atoms with E-state index < -0.39 is 0 Å². The van der Waals surface area contributed by atoms with Gasteiger partial charge in [-0.3, -0.25) is 25.1 Å². The SMILES string of the molecule is Cc1nn(C)c2nc(C3CC3)cc(C(=O)NNC(=O)Cc3ccc(Cl)cc3)c12. The number of aromatic nitrogens is 3. The van der Waals surface area contributed by atoms with E-state index in [9.17, 15) is 9.59 Å². The molecule has 2 N–H and O–H groups in total. The van der Waals surface area contributed by atoms with Crippen LogP contribution in [0.2, 0.25) is 5.02 Å². The second kappa shape index (κ2) is 7.24. The summed E-state index contributed by atoms with van der Waals surface area (Å²) >= 11 is 5.85. The molecule has 0 radical (unpaired) electrons. The van der Waals surface area contributed by atoms with Crippen molar-refractivity contribution >= 4 is 34.4 Å². The highest BCUT2D eigenvalue weighted by Crippen LogP contribution is 2.40. The van der Waals surface area contributed by atoms with Gasteiger partial charge >= 0.3 is 0 Å². The van der Waals surface area contributed by atoms with E-state index in [4.69, 9.17) is 11.6 Å². The van der Waals surface area contributed by atoms with Gasteiger partial charge in [-0.15, -0.1) is 0 Å². The average Bonchev–Trinajstić information content (AvgIpc) is 3.48. The third-order valence-electron chi connectivity index (χ3n) is 4.82. The molecule has 7 nitrogen and oxygen atoms in total. The molecule has 8 heteroatoms. The van der Waals surface area contributed by atoms with Gasteiger partial charge in [0.15, 0.2) is 5.65 Å². The molecule has 2 heterocycles. The number of amides is 2. The largest absolute Gasteiger partial charge is 0.273 e. The fourth-order valence-electron chi connectivity index (χ4n) is 3.26. The van der Waals surface area contributed by atoms with Crippen LogP contribution in [0.15, 0.2) is 30.3 Å². The zero-order chi connectivity index (χ0) is 19.8. The van der Waals surface area contributed by atoms with E-state index in [0.717, 1.165) is 29.8 Å². The number of carbonyl (C=O) groups is 2. The molecule has 28 heavy (non-hydrogen) atoms. The van der Waals surface area contributed by atoms with Gasteiger partial charge in [-0.25, -0.2) is 4.98 Å². The summed E-state index contributed by atoms with van der Waals surface area (Å²) in [7, 11) is 1.81. The summed E-state index contributed by atoms with van der Waals surface area (Å²) in [6.07, 6.45) is 2.30. The molecule has 1 aliphatic rings. The highest BCUT2D eigenvalue weighted by atomic mass is 35.5. The molecule has 1 aliphatic carbocycles. The summed E-state index contributed by atoms with van der Waals surface area (Å²) in [6.45, 7) is 1.84. The summed E-state index contributed by atoms with van der Waals surface area (Å²) in [6, 6.07) is 8.81. The smallest absolute Gasteiger partial charge is 0.270 e. The lowest BCUT2D eigenvalue weighted by molar-refractivity contribution is -0.121. The molecule has 2 aromatic heterocycles. The summed E-state index contributed by atoms with van der Waals surface area (Å²) in [5.74, 6) is -0.299. The second-order valence-electron chi connectivity index (χ2n) is 7.08. The van der Waals surface area contributed by atoms with Gasteiger partial charge in [0.25, 0.3) is 5.91 Å². The third kappa shape index (κ3) is 3.71. The zero-order valence-electron chi connectivity index (χ0n) is 15.6. The molecule has 0 bridgehead atoms. The molecular formula is C20H20ClN5O2. The molecule has 0 aliphatic heterocycles. The Balaban J connectivity index is 1.52. The van der Waals surface area contributed by atoms with E-state index in [-0.39, 0.29) is 18.2 Å². The Labute approximate surface area is 167 Å². The van der Waals surface area contributed by atoms with Gasteiger partial charge in [-0.2, -0.15) is 5.10 Å². The van der Waals surface area contributed by atoms with Crippen molar-refractivity contribution in [2.24, 2.45) is 7.05 Å². The van der Waals surface area contributed by atoms with E-state index >= 15 is 0 Å². The monoisotopic (exact) mass is 397 g/mol. The minimum Gasteiger partial charge on any atom is -0.273 e. The molecule has 0 unspecified atom stereocenters. The zero-order valence-corrected chi connectivity index (χ0v) is 16.4. The number of nitrogens with one attached hydrogen (secondary N) is 2.